The lowest BCUT2D eigenvalue weighted by Crippen LogP contribution is -2.15. The third kappa shape index (κ3) is 3.49. The lowest BCUT2D eigenvalue weighted by molar-refractivity contribution is -0.383. The quantitative estimate of drug-likeness (QED) is 0.489. The number of anilines is 1. The topological polar surface area (TPSA) is 102 Å². The number of halogens is 2. The molecule has 0 aliphatic rings. The normalized spacial score (nSPS) is 11.1. The number of benzene rings is 1. The van der Waals surface area contributed by atoms with Crippen molar-refractivity contribution in [3.8, 4) is 0 Å². The first-order chi connectivity index (χ1) is 9.81. The van der Waals surface area contributed by atoms with Crippen molar-refractivity contribution in [1.82, 2.24) is 4.98 Å². The SMILES string of the molecule is O=[N+]([O-])c1ccccc1NS(=O)(=O)c1cc(Br)cnc1Cl. The van der Waals surface area contributed by atoms with Crippen molar-refractivity contribution in [2.45, 2.75) is 4.90 Å². The Morgan fingerprint density at radius 1 is 1.33 bits per heavy atom. The molecule has 110 valence electrons. The summed E-state index contributed by atoms with van der Waals surface area (Å²) in [5.41, 5.74) is -0.515. The van der Waals surface area contributed by atoms with Gasteiger partial charge >= 0.3 is 0 Å². The number of sulfonamides is 1. The minimum Gasteiger partial charge on any atom is -0.273 e. The zero-order valence-corrected chi connectivity index (χ0v) is 13.3. The van der Waals surface area contributed by atoms with E-state index in [0.717, 1.165) is 0 Å². The molecule has 1 aromatic carbocycles. The summed E-state index contributed by atoms with van der Waals surface area (Å²) in [6.45, 7) is 0. The Hall–Kier alpha value is -1.71. The fourth-order valence-corrected chi connectivity index (χ4v) is 3.53. The van der Waals surface area contributed by atoms with Gasteiger partial charge in [-0.1, -0.05) is 23.7 Å². The highest BCUT2D eigenvalue weighted by Gasteiger charge is 2.23. The van der Waals surface area contributed by atoms with Gasteiger partial charge in [-0.15, -0.1) is 0 Å². The van der Waals surface area contributed by atoms with Gasteiger partial charge in [0.25, 0.3) is 15.7 Å². The van der Waals surface area contributed by atoms with Gasteiger partial charge in [0, 0.05) is 16.7 Å². The van der Waals surface area contributed by atoms with Crippen LogP contribution in [0.1, 0.15) is 0 Å². The van der Waals surface area contributed by atoms with Gasteiger partial charge in [-0.25, -0.2) is 13.4 Å². The number of hydrogen-bond donors (Lipinski definition) is 1. The predicted octanol–water partition coefficient (Wildman–Crippen LogP) is 3.21. The molecule has 0 aliphatic carbocycles. The minimum atomic E-state index is -4.10. The molecular weight excluding hydrogens is 386 g/mol. The van der Waals surface area contributed by atoms with Crippen LogP contribution in [0.15, 0.2) is 45.9 Å². The Morgan fingerprint density at radius 2 is 2.00 bits per heavy atom. The van der Waals surface area contributed by atoms with Crippen LogP contribution in [-0.2, 0) is 10.0 Å². The van der Waals surface area contributed by atoms with E-state index in [1.807, 2.05) is 0 Å². The third-order valence-corrected chi connectivity index (χ3v) is 4.63. The van der Waals surface area contributed by atoms with E-state index in [1.54, 1.807) is 0 Å². The van der Waals surface area contributed by atoms with Crippen LogP contribution in [0.2, 0.25) is 5.15 Å². The highest BCUT2D eigenvalue weighted by molar-refractivity contribution is 9.10. The van der Waals surface area contributed by atoms with Gasteiger partial charge < -0.3 is 0 Å². The lowest BCUT2D eigenvalue weighted by atomic mass is 10.3. The molecular formula is C11H7BrClN3O4S. The zero-order valence-electron chi connectivity index (χ0n) is 10.2. The third-order valence-electron chi connectivity index (χ3n) is 2.41. The van der Waals surface area contributed by atoms with E-state index in [1.165, 1.54) is 36.5 Å². The van der Waals surface area contributed by atoms with Crippen molar-refractivity contribution in [3.63, 3.8) is 0 Å². The molecule has 0 atom stereocenters. The summed E-state index contributed by atoms with van der Waals surface area (Å²) in [6, 6.07) is 6.65. The maximum absolute atomic E-state index is 12.3. The Bertz CT molecular complexity index is 813. The lowest BCUT2D eigenvalue weighted by Gasteiger charge is -2.09. The molecule has 2 rings (SSSR count). The molecule has 0 spiro atoms. The molecule has 1 aromatic heterocycles. The summed E-state index contributed by atoms with van der Waals surface area (Å²) in [4.78, 5) is 13.6. The number of para-hydroxylation sites is 2. The van der Waals surface area contributed by atoms with E-state index >= 15 is 0 Å². The van der Waals surface area contributed by atoms with Crippen LogP contribution in [0.3, 0.4) is 0 Å². The van der Waals surface area contributed by atoms with Crippen LogP contribution in [0.5, 0.6) is 0 Å². The summed E-state index contributed by atoms with van der Waals surface area (Å²) in [6.07, 6.45) is 1.34. The molecule has 0 saturated heterocycles. The highest BCUT2D eigenvalue weighted by Crippen LogP contribution is 2.29. The van der Waals surface area contributed by atoms with Crippen molar-refractivity contribution in [3.05, 3.63) is 56.3 Å². The van der Waals surface area contributed by atoms with Crippen LogP contribution in [0, 0.1) is 10.1 Å². The standard InChI is InChI=1S/C11H7BrClN3O4S/c12-7-5-10(11(13)14-6-7)21(19,20)15-8-3-1-2-4-9(8)16(17)18/h1-6,15H. The Kier molecular flexibility index (Phi) is 4.45. The Balaban J connectivity index is 2.48. The summed E-state index contributed by atoms with van der Waals surface area (Å²) in [7, 11) is -4.10. The second-order valence-electron chi connectivity index (χ2n) is 3.82. The number of nitrogens with zero attached hydrogens (tertiary/aromatic N) is 2. The highest BCUT2D eigenvalue weighted by atomic mass is 79.9. The van der Waals surface area contributed by atoms with Gasteiger partial charge in [-0.05, 0) is 28.1 Å². The Labute approximate surface area is 133 Å². The van der Waals surface area contributed by atoms with E-state index in [9.17, 15) is 18.5 Å². The van der Waals surface area contributed by atoms with Gasteiger partial charge in [0.15, 0.2) is 0 Å². The number of hydrogen-bond acceptors (Lipinski definition) is 5. The van der Waals surface area contributed by atoms with Gasteiger partial charge in [0.1, 0.15) is 15.7 Å². The van der Waals surface area contributed by atoms with E-state index in [-0.39, 0.29) is 21.4 Å². The fraction of sp³-hybridized carbons (Fsp3) is 0. The average Bonchev–Trinajstić information content (AvgIpc) is 2.41. The molecule has 10 heteroatoms. The molecule has 0 aliphatic heterocycles. The van der Waals surface area contributed by atoms with Crippen molar-refractivity contribution in [2.24, 2.45) is 0 Å². The van der Waals surface area contributed by atoms with Crippen molar-refractivity contribution < 1.29 is 13.3 Å². The number of nitro benzene ring substituents is 1. The summed E-state index contributed by atoms with van der Waals surface area (Å²) < 4.78 is 27.1. The van der Waals surface area contributed by atoms with E-state index in [4.69, 9.17) is 11.6 Å². The first-order valence-corrected chi connectivity index (χ1v) is 8.04. The molecule has 0 fully saturated rings. The minimum absolute atomic E-state index is 0.154. The zero-order chi connectivity index (χ0) is 15.6. The van der Waals surface area contributed by atoms with Crippen LogP contribution in [0.25, 0.3) is 0 Å². The fourth-order valence-electron chi connectivity index (χ4n) is 1.51. The second-order valence-corrected chi connectivity index (χ2v) is 6.75. The van der Waals surface area contributed by atoms with Gasteiger partial charge in [-0.3, -0.25) is 14.8 Å². The molecule has 0 saturated carbocycles. The molecule has 0 radical (unpaired) electrons. The van der Waals surface area contributed by atoms with Crippen LogP contribution < -0.4 is 4.72 Å². The number of nitro groups is 1. The van der Waals surface area contributed by atoms with Crippen molar-refractivity contribution in [1.29, 1.82) is 0 Å². The molecule has 7 nitrogen and oxygen atoms in total. The maximum atomic E-state index is 12.3. The van der Waals surface area contributed by atoms with E-state index < -0.39 is 14.9 Å². The summed E-state index contributed by atoms with van der Waals surface area (Å²) >= 11 is 8.85. The first kappa shape index (κ1) is 15.7. The number of rotatable bonds is 4. The molecule has 1 N–H and O–H groups in total. The summed E-state index contributed by atoms with van der Waals surface area (Å²) in [5, 5.41) is 10.7. The monoisotopic (exact) mass is 391 g/mol. The Morgan fingerprint density at radius 3 is 2.67 bits per heavy atom. The van der Waals surface area contributed by atoms with E-state index in [0.29, 0.717) is 4.47 Å². The second kappa shape index (κ2) is 5.96. The predicted molar refractivity (Wildman–Crippen MR) is 80.9 cm³/mol. The first-order valence-electron chi connectivity index (χ1n) is 5.38. The average molecular weight is 393 g/mol. The molecule has 2 aromatic rings. The number of aromatic nitrogens is 1. The van der Waals surface area contributed by atoms with Gasteiger partial charge in [-0.2, -0.15) is 0 Å². The van der Waals surface area contributed by atoms with E-state index in [2.05, 4.69) is 25.6 Å². The van der Waals surface area contributed by atoms with Crippen LogP contribution >= 0.6 is 27.5 Å². The smallest absolute Gasteiger partial charge is 0.273 e. The molecule has 0 amide bonds. The maximum Gasteiger partial charge on any atom is 0.293 e. The van der Waals surface area contributed by atoms with Crippen LogP contribution in [-0.4, -0.2) is 18.3 Å². The molecule has 0 unspecified atom stereocenters. The van der Waals surface area contributed by atoms with Gasteiger partial charge in [0.2, 0.25) is 0 Å². The number of nitrogens with one attached hydrogen (secondary N) is 1. The van der Waals surface area contributed by atoms with Crippen LogP contribution in [0.4, 0.5) is 11.4 Å². The molecule has 21 heavy (non-hydrogen) atoms. The van der Waals surface area contributed by atoms with Crippen molar-refractivity contribution in [2.75, 3.05) is 4.72 Å². The number of pyridine rings is 1. The molecule has 0 bridgehead atoms. The summed E-state index contributed by atoms with van der Waals surface area (Å²) in [5.74, 6) is 0. The van der Waals surface area contributed by atoms with Crippen molar-refractivity contribution >= 4 is 48.9 Å². The molecule has 1 heterocycles. The largest absolute Gasteiger partial charge is 0.293 e. The van der Waals surface area contributed by atoms with Gasteiger partial charge in [0.05, 0.1) is 4.92 Å².